The summed E-state index contributed by atoms with van der Waals surface area (Å²) in [5, 5.41) is 9.96. The molecule has 3 fully saturated rings. The van der Waals surface area contributed by atoms with Gasteiger partial charge in [0.2, 0.25) is 0 Å². The topological polar surface area (TPSA) is 32.7 Å². The molecule has 3 unspecified atom stereocenters. The molecular formula is C15H27NO2. The van der Waals surface area contributed by atoms with Gasteiger partial charge in [-0.25, -0.2) is 0 Å². The second-order valence-electron chi connectivity index (χ2n) is 7.12. The van der Waals surface area contributed by atoms with E-state index >= 15 is 0 Å². The molecule has 0 aromatic carbocycles. The van der Waals surface area contributed by atoms with E-state index in [1.807, 2.05) is 0 Å². The van der Waals surface area contributed by atoms with Gasteiger partial charge in [-0.05, 0) is 45.4 Å². The Labute approximate surface area is 110 Å². The third kappa shape index (κ3) is 2.59. The van der Waals surface area contributed by atoms with Gasteiger partial charge in [0, 0.05) is 31.0 Å². The molecule has 0 spiro atoms. The maximum absolute atomic E-state index is 9.96. The highest BCUT2D eigenvalue weighted by molar-refractivity contribution is 5.00. The number of ether oxygens (including phenoxy) is 1. The minimum absolute atomic E-state index is 0.0259. The lowest BCUT2D eigenvalue weighted by atomic mass is 10.00. The normalized spacial score (nSPS) is 38.3. The van der Waals surface area contributed by atoms with E-state index in [4.69, 9.17) is 4.74 Å². The molecule has 1 heterocycles. The molecule has 3 atom stereocenters. The van der Waals surface area contributed by atoms with E-state index in [1.165, 1.54) is 32.4 Å². The zero-order valence-corrected chi connectivity index (χ0v) is 11.8. The van der Waals surface area contributed by atoms with Gasteiger partial charge in [-0.1, -0.05) is 0 Å². The molecule has 1 aliphatic heterocycles. The molecular weight excluding hydrogens is 226 g/mol. The van der Waals surface area contributed by atoms with Crippen molar-refractivity contribution in [2.45, 2.75) is 51.7 Å². The Balaban J connectivity index is 1.49. The zero-order chi connectivity index (χ0) is 12.8. The van der Waals surface area contributed by atoms with Crippen LogP contribution < -0.4 is 0 Å². The van der Waals surface area contributed by atoms with Crippen LogP contribution in [0, 0.1) is 17.3 Å². The van der Waals surface area contributed by atoms with Gasteiger partial charge in [0.05, 0.1) is 18.8 Å². The van der Waals surface area contributed by atoms with Gasteiger partial charge in [0.25, 0.3) is 0 Å². The number of nitrogens with zero attached hydrogens (tertiary/aromatic N) is 1. The Morgan fingerprint density at radius 3 is 2.67 bits per heavy atom. The second kappa shape index (κ2) is 4.77. The lowest BCUT2D eigenvalue weighted by molar-refractivity contribution is 0.0316. The molecule has 3 heteroatoms. The van der Waals surface area contributed by atoms with Crippen molar-refractivity contribution in [1.82, 2.24) is 4.90 Å². The fourth-order valence-electron chi connectivity index (χ4n) is 3.80. The molecule has 1 saturated heterocycles. The molecule has 0 aromatic rings. The van der Waals surface area contributed by atoms with Gasteiger partial charge >= 0.3 is 0 Å². The summed E-state index contributed by atoms with van der Waals surface area (Å²) in [7, 11) is 0. The van der Waals surface area contributed by atoms with Crippen LogP contribution in [0.2, 0.25) is 0 Å². The molecule has 0 radical (unpaired) electrons. The van der Waals surface area contributed by atoms with Crippen molar-refractivity contribution >= 4 is 0 Å². The van der Waals surface area contributed by atoms with E-state index in [9.17, 15) is 5.11 Å². The van der Waals surface area contributed by atoms with Gasteiger partial charge in [-0.2, -0.15) is 0 Å². The van der Waals surface area contributed by atoms with Crippen molar-refractivity contribution in [2.75, 3.05) is 26.2 Å². The largest absolute Gasteiger partial charge is 0.393 e. The molecule has 0 aromatic heterocycles. The Morgan fingerprint density at radius 1 is 1.28 bits per heavy atom. The summed E-state index contributed by atoms with van der Waals surface area (Å²) in [5.74, 6) is 1.33. The third-order valence-electron chi connectivity index (χ3n) is 5.13. The second-order valence-corrected chi connectivity index (χ2v) is 7.12. The summed E-state index contributed by atoms with van der Waals surface area (Å²) in [5.41, 5.74) is 0.452. The maximum atomic E-state index is 9.96. The van der Waals surface area contributed by atoms with E-state index in [0.29, 0.717) is 17.4 Å². The van der Waals surface area contributed by atoms with Crippen LogP contribution >= 0.6 is 0 Å². The highest BCUT2D eigenvalue weighted by atomic mass is 16.5. The molecule has 2 aliphatic carbocycles. The number of likely N-dealkylation sites (tertiary alicyclic amines) is 1. The fraction of sp³-hybridized carbons (Fsp3) is 1.00. The fourth-order valence-corrected chi connectivity index (χ4v) is 3.80. The van der Waals surface area contributed by atoms with Crippen LogP contribution in [0.5, 0.6) is 0 Å². The predicted octanol–water partition coefficient (Wildman–Crippen LogP) is 1.89. The van der Waals surface area contributed by atoms with Gasteiger partial charge in [0.15, 0.2) is 0 Å². The van der Waals surface area contributed by atoms with Crippen LogP contribution in [-0.2, 0) is 4.74 Å². The number of rotatable bonds is 5. The van der Waals surface area contributed by atoms with Gasteiger partial charge in [-0.15, -0.1) is 0 Å². The molecule has 3 nitrogen and oxygen atoms in total. The van der Waals surface area contributed by atoms with Crippen molar-refractivity contribution in [1.29, 1.82) is 0 Å². The highest BCUT2D eigenvalue weighted by Crippen LogP contribution is 2.48. The molecule has 3 aliphatic rings. The van der Waals surface area contributed by atoms with Gasteiger partial charge < -0.3 is 14.7 Å². The molecule has 0 amide bonds. The summed E-state index contributed by atoms with van der Waals surface area (Å²) >= 11 is 0. The van der Waals surface area contributed by atoms with Crippen LogP contribution in [0.1, 0.15) is 39.5 Å². The van der Waals surface area contributed by atoms with Crippen molar-refractivity contribution in [3.05, 3.63) is 0 Å². The van der Waals surface area contributed by atoms with Crippen molar-refractivity contribution in [3.8, 4) is 0 Å². The Hall–Kier alpha value is -0.120. The SMILES string of the molecule is CC(C)OCC1(CN2CC3CCC(O)C3C2)CC1. The molecule has 104 valence electrons. The Morgan fingerprint density at radius 2 is 2.06 bits per heavy atom. The molecule has 18 heavy (non-hydrogen) atoms. The van der Waals surface area contributed by atoms with E-state index in [-0.39, 0.29) is 6.10 Å². The lowest BCUT2D eigenvalue weighted by Gasteiger charge is -2.25. The quantitative estimate of drug-likeness (QED) is 0.812. The summed E-state index contributed by atoms with van der Waals surface area (Å²) in [6.07, 6.45) is 5.24. The smallest absolute Gasteiger partial charge is 0.0583 e. The Bertz CT molecular complexity index is 301. The van der Waals surface area contributed by atoms with E-state index in [1.54, 1.807) is 0 Å². The first-order chi connectivity index (χ1) is 8.58. The molecule has 1 N–H and O–H groups in total. The zero-order valence-electron chi connectivity index (χ0n) is 11.8. The maximum Gasteiger partial charge on any atom is 0.0583 e. The van der Waals surface area contributed by atoms with Crippen molar-refractivity contribution in [2.24, 2.45) is 17.3 Å². The predicted molar refractivity (Wildman–Crippen MR) is 71.4 cm³/mol. The molecule has 2 saturated carbocycles. The highest BCUT2D eigenvalue weighted by Gasteiger charge is 2.48. The average Bonchev–Trinajstić information content (AvgIpc) is 2.83. The summed E-state index contributed by atoms with van der Waals surface area (Å²) in [6.45, 7) is 8.69. The average molecular weight is 253 g/mol. The van der Waals surface area contributed by atoms with Gasteiger partial charge in [-0.3, -0.25) is 0 Å². The number of hydrogen-bond acceptors (Lipinski definition) is 3. The van der Waals surface area contributed by atoms with Gasteiger partial charge in [0.1, 0.15) is 0 Å². The number of fused-ring (bicyclic) bond motifs is 1. The van der Waals surface area contributed by atoms with Crippen molar-refractivity contribution < 1.29 is 9.84 Å². The van der Waals surface area contributed by atoms with Crippen LogP contribution in [0.15, 0.2) is 0 Å². The van der Waals surface area contributed by atoms with Crippen LogP contribution in [-0.4, -0.2) is 48.5 Å². The minimum atomic E-state index is -0.0259. The van der Waals surface area contributed by atoms with Crippen molar-refractivity contribution in [3.63, 3.8) is 0 Å². The number of hydrogen-bond donors (Lipinski definition) is 1. The summed E-state index contributed by atoms with van der Waals surface area (Å²) in [6, 6.07) is 0. The number of aliphatic hydroxyl groups excluding tert-OH is 1. The number of aliphatic hydroxyl groups is 1. The van der Waals surface area contributed by atoms with E-state index < -0.39 is 0 Å². The standard InChI is InChI=1S/C15H27NO2/c1-11(2)18-10-15(5-6-15)9-16-7-12-3-4-14(17)13(12)8-16/h11-14,17H,3-10H2,1-2H3. The van der Waals surface area contributed by atoms with Crippen LogP contribution in [0.25, 0.3) is 0 Å². The van der Waals surface area contributed by atoms with Crippen LogP contribution in [0.3, 0.4) is 0 Å². The minimum Gasteiger partial charge on any atom is -0.393 e. The van der Waals surface area contributed by atoms with E-state index in [2.05, 4.69) is 18.7 Å². The lowest BCUT2D eigenvalue weighted by Crippen LogP contribution is -2.33. The summed E-state index contributed by atoms with van der Waals surface area (Å²) < 4.78 is 5.82. The first kappa shape index (κ1) is 12.9. The van der Waals surface area contributed by atoms with E-state index in [0.717, 1.165) is 25.5 Å². The molecule has 3 rings (SSSR count). The third-order valence-corrected chi connectivity index (χ3v) is 5.13. The first-order valence-electron chi connectivity index (χ1n) is 7.60. The summed E-state index contributed by atoms with van der Waals surface area (Å²) in [4.78, 5) is 2.59. The first-order valence-corrected chi connectivity index (χ1v) is 7.60. The molecule has 0 bridgehead atoms. The Kier molecular flexibility index (Phi) is 3.41. The van der Waals surface area contributed by atoms with Crippen LogP contribution in [0.4, 0.5) is 0 Å². The monoisotopic (exact) mass is 253 g/mol.